The van der Waals surface area contributed by atoms with Crippen molar-refractivity contribution in [3.05, 3.63) is 23.7 Å². The third-order valence-electron chi connectivity index (χ3n) is 3.99. The van der Waals surface area contributed by atoms with Gasteiger partial charge < -0.3 is 9.52 Å². The smallest absolute Gasteiger partial charge is 0.101 e. The van der Waals surface area contributed by atoms with Gasteiger partial charge >= 0.3 is 0 Å². The highest BCUT2D eigenvalue weighted by molar-refractivity contribution is 5.15. The second-order valence-electron chi connectivity index (χ2n) is 5.05. The Kier molecular flexibility index (Phi) is 3.70. The molecule has 1 N–H and O–H groups in total. The molecule has 1 aromatic heterocycles. The molecular formula is C14H22O2. The number of furan rings is 1. The van der Waals surface area contributed by atoms with E-state index in [2.05, 4.69) is 6.92 Å². The monoisotopic (exact) mass is 222 g/mol. The molecule has 0 amide bonds. The van der Waals surface area contributed by atoms with Gasteiger partial charge in [-0.25, -0.2) is 0 Å². The molecule has 3 unspecified atom stereocenters. The minimum Gasteiger partial charge on any atom is -0.469 e. The second kappa shape index (κ2) is 5.05. The molecule has 3 atom stereocenters. The van der Waals surface area contributed by atoms with Gasteiger partial charge in [0, 0.05) is 5.56 Å². The molecule has 0 radical (unpaired) electrons. The van der Waals surface area contributed by atoms with E-state index >= 15 is 0 Å². The van der Waals surface area contributed by atoms with Crippen molar-refractivity contribution < 1.29 is 9.52 Å². The molecule has 1 saturated carbocycles. The number of hydrogen-bond acceptors (Lipinski definition) is 2. The summed E-state index contributed by atoms with van der Waals surface area (Å²) in [6.07, 6.45) is 7.57. The van der Waals surface area contributed by atoms with Crippen molar-refractivity contribution in [2.45, 2.75) is 52.1 Å². The van der Waals surface area contributed by atoms with Gasteiger partial charge in [-0.15, -0.1) is 0 Å². The number of aliphatic hydroxyl groups is 1. The molecule has 16 heavy (non-hydrogen) atoms. The summed E-state index contributed by atoms with van der Waals surface area (Å²) < 4.78 is 5.29. The lowest BCUT2D eigenvalue weighted by atomic mass is 9.74. The third-order valence-corrected chi connectivity index (χ3v) is 3.99. The zero-order chi connectivity index (χ0) is 11.5. The first-order valence-corrected chi connectivity index (χ1v) is 6.45. The summed E-state index contributed by atoms with van der Waals surface area (Å²) in [5.41, 5.74) is 0.961. The van der Waals surface area contributed by atoms with E-state index in [1.807, 2.05) is 13.0 Å². The molecule has 0 saturated heterocycles. The highest BCUT2D eigenvalue weighted by Gasteiger charge is 2.31. The summed E-state index contributed by atoms with van der Waals surface area (Å²) in [5.74, 6) is 1.99. The summed E-state index contributed by atoms with van der Waals surface area (Å²) in [4.78, 5) is 0. The van der Waals surface area contributed by atoms with Crippen molar-refractivity contribution in [2.75, 3.05) is 0 Å². The summed E-state index contributed by atoms with van der Waals surface area (Å²) in [7, 11) is 0. The zero-order valence-corrected chi connectivity index (χ0v) is 10.3. The van der Waals surface area contributed by atoms with Crippen LogP contribution in [0.2, 0.25) is 0 Å². The van der Waals surface area contributed by atoms with E-state index in [1.54, 1.807) is 6.26 Å². The van der Waals surface area contributed by atoms with E-state index in [-0.39, 0.29) is 6.10 Å². The van der Waals surface area contributed by atoms with Gasteiger partial charge in [-0.2, -0.15) is 0 Å². The molecule has 2 heteroatoms. The van der Waals surface area contributed by atoms with Crippen molar-refractivity contribution in [1.82, 2.24) is 0 Å². The molecule has 2 nitrogen and oxygen atoms in total. The number of rotatable bonds is 3. The molecule has 2 rings (SSSR count). The first kappa shape index (κ1) is 11.7. The van der Waals surface area contributed by atoms with E-state index in [1.165, 1.54) is 25.7 Å². The van der Waals surface area contributed by atoms with Gasteiger partial charge in [0.1, 0.15) is 5.76 Å². The number of aryl methyl sites for hydroxylation is 1. The van der Waals surface area contributed by atoms with Crippen LogP contribution in [0.5, 0.6) is 0 Å². The van der Waals surface area contributed by atoms with Crippen LogP contribution in [0.25, 0.3) is 0 Å². The van der Waals surface area contributed by atoms with Crippen LogP contribution in [-0.4, -0.2) is 5.11 Å². The fourth-order valence-electron chi connectivity index (χ4n) is 3.02. The van der Waals surface area contributed by atoms with Crippen molar-refractivity contribution in [2.24, 2.45) is 11.8 Å². The first-order valence-electron chi connectivity index (χ1n) is 6.45. The van der Waals surface area contributed by atoms with Crippen molar-refractivity contribution in [1.29, 1.82) is 0 Å². The summed E-state index contributed by atoms with van der Waals surface area (Å²) in [6, 6.07) is 1.96. The molecule has 1 heterocycles. The molecule has 0 aromatic carbocycles. The van der Waals surface area contributed by atoms with Crippen LogP contribution in [0.15, 0.2) is 16.7 Å². The molecule has 1 fully saturated rings. The Bertz CT molecular complexity index is 329. The SMILES string of the molecule is CCC1CCCCC1C(O)c1coc(C)c1. The molecular weight excluding hydrogens is 200 g/mol. The fourth-order valence-corrected chi connectivity index (χ4v) is 3.02. The van der Waals surface area contributed by atoms with Gasteiger partial charge in [0.2, 0.25) is 0 Å². The Morgan fingerprint density at radius 3 is 2.81 bits per heavy atom. The Hall–Kier alpha value is -0.760. The summed E-state index contributed by atoms with van der Waals surface area (Å²) in [6.45, 7) is 4.16. The average molecular weight is 222 g/mol. The van der Waals surface area contributed by atoms with Gasteiger partial charge in [0.25, 0.3) is 0 Å². The molecule has 0 spiro atoms. The Morgan fingerprint density at radius 2 is 2.19 bits per heavy atom. The number of aliphatic hydroxyl groups excluding tert-OH is 1. The summed E-state index contributed by atoms with van der Waals surface area (Å²) >= 11 is 0. The van der Waals surface area contributed by atoms with Gasteiger partial charge in [0.05, 0.1) is 12.4 Å². The molecule has 1 aromatic rings. The van der Waals surface area contributed by atoms with E-state index in [0.29, 0.717) is 11.8 Å². The highest BCUT2D eigenvalue weighted by atomic mass is 16.3. The van der Waals surface area contributed by atoms with Crippen LogP contribution in [-0.2, 0) is 0 Å². The van der Waals surface area contributed by atoms with E-state index in [9.17, 15) is 5.11 Å². The lowest BCUT2D eigenvalue weighted by molar-refractivity contribution is 0.0448. The van der Waals surface area contributed by atoms with Crippen LogP contribution < -0.4 is 0 Å². The van der Waals surface area contributed by atoms with Gasteiger partial charge in [0.15, 0.2) is 0 Å². The maximum absolute atomic E-state index is 10.4. The molecule has 0 bridgehead atoms. The van der Waals surface area contributed by atoms with Crippen molar-refractivity contribution >= 4 is 0 Å². The van der Waals surface area contributed by atoms with Crippen molar-refractivity contribution in [3.8, 4) is 0 Å². The zero-order valence-electron chi connectivity index (χ0n) is 10.3. The maximum Gasteiger partial charge on any atom is 0.101 e. The quantitative estimate of drug-likeness (QED) is 0.843. The van der Waals surface area contributed by atoms with E-state index in [4.69, 9.17) is 4.42 Å². The average Bonchev–Trinajstić information content (AvgIpc) is 2.75. The standard InChI is InChI=1S/C14H22O2/c1-3-11-6-4-5-7-13(11)14(15)12-8-10(2)16-9-12/h8-9,11,13-15H,3-7H2,1-2H3. The Balaban J connectivity index is 2.10. The predicted octanol–water partition coefficient (Wildman–Crippen LogP) is 3.84. The topological polar surface area (TPSA) is 33.4 Å². The molecule has 1 aliphatic rings. The lowest BCUT2D eigenvalue weighted by Crippen LogP contribution is -2.25. The third kappa shape index (κ3) is 2.32. The Labute approximate surface area is 97.7 Å². The number of hydrogen-bond donors (Lipinski definition) is 1. The van der Waals surface area contributed by atoms with Crippen LogP contribution in [0.3, 0.4) is 0 Å². The molecule has 1 aliphatic carbocycles. The van der Waals surface area contributed by atoms with Gasteiger partial charge in [-0.05, 0) is 31.2 Å². The van der Waals surface area contributed by atoms with E-state index < -0.39 is 0 Å². The van der Waals surface area contributed by atoms with Gasteiger partial charge in [-0.3, -0.25) is 0 Å². The normalized spacial score (nSPS) is 27.9. The largest absolute Gasteiger partial charge is 0.469 e. The maximum atomic E-state index is 10.4. The summed E-state index contributed by atoms with van der Waals surface area (Å²) in [5, 5.41) is 10.4. The Morgan fingerprint density at radius 1 is 1.44 bits per heavy atom. The van der Waals surface area contributed by atoms with Crippen molar-refractivity contribution in [3.63, 3.8) is 0 Å². The van der Waals surface area contributed by atoms with Gasteiger partial charge in [-0.1, -0.05) is 32.6 Å². The van der Waals surface area contributed by atoms with E-state index in [0.717, 1.165) is 17.7 Å². The molecule has 90 valence electrons. The highest BCUT2D eigenvalue weighted by Crippen LogP contribution is 2.40. The lowest BCUT2D eigenvalue weighted by Gasteiger charge is -2.33. The van der Waals surface area contributed by atoms with Crippen LogP contribution in [0.4, 0.5) is 0 Å². The van der Waals surface area contributed by atoms with Crippen LogP contribution in [0, 0.1) is 18.8 Å². The minimum atomic E-state index is -0.331. The molecule has 0 aliphatic heterocycles. The minimum absolute atomic E-state index is 0.331. The fraction of sp³-hybridized carbons (Fsp3) is 0.714. The van der Waals surface area contributed by atoms with Crippen LogP contribution in [0.1, 0.15) is 56.5 Å². The van der Waals surface area contributed by atoms with Crippen LogP contribution >= 0.6 is 0 Å². The second-order valence-corrected chi connectivity index (χ2v) is 5.05. The first-order chi connectivity index (χ1) is 7.72. The predicted molar refractivity (Wildman–Crippen MR) is 64.1 cm³/mol.